The minimum atomic E-state index is -0.546. The average molecular weight is 251 g/mol. The molecule has 1 N–H and O–H groups in total. The van der Waals surface area contributed by atoms with E-state index in [2.05, 4.69) is 23.9 Å². The van der Waals surface area contributed by atoms with Crippen LogP contribution in [0.5, 0.6) is 0 Å². The summed E-state index contributed by atoms with van der Waals surface area (Å²) in [5.74, 6) is 0. The maximum absolute atomic E-state index is 9.97. The van der Waals surface area contributed by atoms with Crippen LogP contribution in [-0.2, 0) is 6.42 Å². The molecule has 2 unspecified atom stereocenters. The first-order chi connectivity index (χ1) is 8.20. The zero-order valence-electron chi connectivity index (χ0n) is 10.1. The van der Waals surface area contributed by atoms with Gasteiger partial charge in [0.25, 0.3) is 0 Å². The largest absolute Gasteiger partial charge is 0.386 e. The van der Waals surface area contributed by atoms with E-state index >= 15 is 0 Å². The number of thiazole rings is 1. The van der Waals surface area contributed by atoms with Gasteiger partial charge in [-0.25, -0.2) is 4.98 Å². The summed E-state index contributed by atoms with van der Waals surface area (Å²) in [6.45, 7) is 4.27. The Balaban J connectivity index is 2.02. The van der Waals surface area contributed by atoms with Crippen LogP contribution in [0.15, 0.2) is 23.8 Å². The first kappa shape index (κ1) is 12.3. The number of aromatic nitrogens is 3. The summed E-state index contributed by atoms with van der Waals surface area (Å²) in [7, 11) is 0. The molecule has 5 heteroatoms. The van der Waals surface area contributed by atoms with Crippen molar-refractivity contribution in [1.82, 2.24) is 14.8 Å². The summed E-state index contributed by atoms with van der Waals surface area (Å²) in [6.07, 6.45) is 4.71. The molecule has 2 atom stereocenters. The number of aliphatic hydroxyl groups excluding tert-OH is 1. The van der Waals surface area contributed by atoms with Crippen molar-refractivity contribution in [2.45, 2.75) is 38.8 Å². The molecular formula is C12H17N3OS. The first-order valence-corrected chi connectivity index (χ1v) is 6.70. The number of rotatable bonds is 5. The molecule has 0 aliphatic carbocycles. The highest BCUT2D eigenvalue weighted by atomic mass is 32.1. The van der Waals surface area contributed by atoms with Gasteiger partial charge in [0.15, 0.2) is 0 Å². The molecule has 2 aromatic rings. The second kappa shape index (κ2) is 5.42. The zero-order valence-corrected chi connectivity index (χ0v) is 10.9. The number of hydrogen-bond donors (Lipinski definition) is 1. The van der Waals surface area contributed by atoms with Gasteiger partial charge in [-0.3, -0.25) is 4.68 Å². The van der Waals surface area contributed by atoms with Crippen LogP contribution < -0.4 is 0 Å². The van der Waals surface area contributed by atoms with E-state index in [0.717, 1.165) is 17.1 Å². The van der Waals surface area contributed by atoms with Crippen LogP contribution in [0, 0.1) is 0 Å². The Morgan fingerprint density at radius 3 is 3.00 bits per heavy atom. The molecule has 4 nitrogen and oxygen atoms in total. The molecule has 0 bridgehead atoms. The smallest absolute Gasteiger partial charge is 0.122 e. The van der Waals surface area contributed by atoms with E-state index in [1.807, 2.05) is 22.3 Å². The van der Waals surface area contributed by atoms with Crippen molar-refractivity contribution in [2.24, 2.45) is 0 Å². The lowest BCUT2D eigenvalue weighted by molar-refractivity contribution is 0.176. The van der Waals surface area contributed by atoms with E-state index in [1.165, 1.54) is 11.3 Å². The van der Waals surface area contributed by atoms with Crippen LogP contribution >= 0.6 is 11.3 Å². The van der Waals surface area contributed by atoms with E-state index in [4.69, 9.17) is 0 Å². The minimum absolute atomic E-state index is 0.403. The summed E-state index contributed by atoms with van der Waals surface area (Å²) < 4.78 is 1.95. The van der Waals surface area contributed by atoms with Crippen LogP contribution in [0.3, 0.4) is 0 Å². The van der Waals surface area contributed by atoms with Crippen molar-refractivity contribution in [2.75, 3.05) is 0 Å². The predicted molar refractivity (Wildman–Crippen MR) is 68.0 cm³/mol. The van der Waals surface area contributed by atoms with Crippen molar-refractivity contribution >= 4 is 11.3 Å². The Kier molecular flexibility index (Phi) is 3.91. The molecule has 17 heavy (non-hydrogen) atoms. The highest BCUT2D eigenvalue weighted by Gasteiger charge is 2.13. The maximum atomic E-state index is 9.97. The normalized spacial score (nSPS) is 14.8. The molecule has 2 heterocycles. The fraction of sp³-hybridized carbons (Fsp3) is 0.500. The van der Waals surface area contributed by atoms with Crippen molar-refractivity contribution < 1.29 is 5.11 Å². The van der Waals surface area contributed by atoms with E-state index < -0.39 is 6.10 Å². The van der Waals surface area contributed by atoms with Crippen LogP contribution in [-0.4, -0.2) is 19.9 Å². The Bertz CT molecular complexity index is 452. The standard InChI is InChI=1S/C12H17N3OS/c1-3-9(2)15-6-4-10(14-15)8-11(16)12-13-5-7-17-12/h4-7,9,11,16H,3,8H2,1-2H3. The van der Waals surface area contributed by atoms with E-state index in [0.29, 0.717) is 12.5 Å². The van der Waals surface area contributed by atoms with Gasteiger partial charge in [0.1, 0.15) is 11.1 Å². The van der Waals surface area contributed by atoms with Gasteiger partial charge in [0.05, 0.1) is 5.69 Å². The Hall–Kier alpha value is -1.20. The minimum Gasteiger partial charge on any atom is -0.386 e. The van der Waals surface area contributed by atoms with E-state index in [1.54, 1.807) is 6.20 Å². The topological polar surface area (TPSA) is 50.9 Å². The van der Waals surface area contributed by atoms with Gasteiger partial charge in [0, 0.05) is 30.2 Å². The van der Waals surface area contributed by atoms with Crippen LogP contribution in [0.25, 0.3) is 0 Å². The van der Waals surface area contributed by atoms with Gasteiger partial charge in [-0.15, -0.1) is 11.3 Å². The fourth-order valence-electron chi connectivity index (χ4n) is 1.60. The van der Waals surface area contributed by atoms with Crippen molar-refractivity contribution in [3.63, 3.8) is 0 Å². The lowest BCUT2D eigenvalue weighted by atomic mass is 10.2. The Morgan fingerprint density at radius 1 is 1.53 bits per heavy atom. The molecule has 0 aliphatic heterocycles. The average Bonchev–Trinajstić information content (AvgIpc) is 2.98. The molecule has 0 fully saturated rings. The first-order valence-electron chi connectivity index (χ1n) is 5.82. The van der Waals surface area contributed by atoms with Gasteiger partial charge in [0.2, 0.25) is 0 Å². The summed E-state index contributed by atoms with van der Waals surface area (Å²) in [5.41, 5.74) is 0.910. The zero-order chi connectivity index (χ0) is 12.3. The van der Waals surface area contributed by atoms with Gasteiger partial charge in [-0.1, -0.05) is 6.92 Å². The van der Waals surface area contributed by atoms with Gasteiger partial charge in [-0.2, -0.15) is 5.10 Å². The summed E-state index contributed by atoms with van der Waals surface area (Å²) in [5, 5.41) is 17.1. The maximum Gasteiger partial charge on any atom is 0.122 e. The molecule has 0 saturated heterocycles. The highest BCUT2D eigenvalue weighted by Crippen LogP contribution is 2.20. The molecule has 2 rings (SSSR count). The molecule has 0 amide bonds. The van der Waals surface area contributed by atoms with Gasteiger partial charge < -0.3 is 5.11 Å². The fourth-order valence-corrected chi connectivity index (χ4v) is 2.23. The molecular weight excluding hydrogens is 234 g/mol. The lowest BCUT2D eigenvalue weighted by Crippen LogP contribution is -2.06. The molecule has 0 radical (unpaired) electrons. The van der Waals surface area contributed by atoms with Gasteiger partial charge in [-0.05, 0) is 19.4 Å². The second-order valence-corrected chi connectivity index (χ2v) is 5.06. The molecule has 0 aromatic carbocycles. The number of hydrogen-bond acceptors (Lipinski definition) is 4. The molecule has 92 valence electrons. The SMILES string of the molecule is CCC(C)n1ccc(CC(O)c2nccs2)n1. The molecule has 0 saturated carbocycles. The third kappa shape index (κ3) is 2.92. The summed E-state index contributed by atoms with van der Waals surface area (Å²) in [6, 6.07) is 2.36. The number of aliphatic hydroxyl groups is 1. The van der Waals surface area contributed by atoms with Crippen molar-refractivity contribution in [3.05, 3.63) is 34.5 Å². The van der Waals surface area contributed by atoms with Gasteiger partial charge >= 0.3 is 0 Å². The Morgan fingerprint density at radius 2 is 2.35 bits per heavy atom. The van der Waals surface area contributed by atoms with E-state index in [-0.39, 0.29) is 0 Å². The summed E-state index contributed by atoms with van der Waals surface area (Å²) in [4.78, 5) is 4.10. The third-order valence-electron chi connectivity index (χ3n) is 2.84. The van der Waals surface area contributed by atoms with Crippen LogP contribution in [0.2, 0.25) is 0 Å². The monoisotopic (exact) mass is 251 g/mol. The van der Waals surface area contributed by atoms with Crippen molar-refractivity contribution in [3.8, 4) is 0 Å². The molecule has 0 aliphatic rings. The second-order valence-electron chi connectivity index (χ2n) is 4.13. The molecule has 0 spiro atoms. The summed E-state index contributed by atoms with van der Waals surface area (Å²) >= 11 is 1.47. The molecule has 2 aromatic heterocycles. The Labute approximate surface area is 105 Å². The van der Waals surface area contributed by atoms with Crippen LogP contribution in [0.4, 0.5) is 0 Å². The highest BCUT2D eigenvalue weighted by molar-refractivity contribution is 7.09. The lowest BCUT2D eigenvalue weighted by Gasteiger charge is -2.08. The third-order valence-corrected chi connectivity index (χ3v) is 3.72. The number of nitrogens with zero attached hydrogens (tertiary/aromatic N) is 3. The quantitative estimate of drug-likeness (QED) is 0.888. The van der Waals surface area contributed by atoms with Crippen molar-refractivity contribution in [1.29, 1.82) is 0 Å². The predicted octanol–water partition coefficient (Wildman–Crippen LogP) is 2.59. The van der Waals surface area contributed by atoms with E-state index in [9.17, 15) is 5.11 Å². The van der Waals surface area contributed by atoms with Crippen LogP contribution in [0.1, 0.15) is 43.1 Å².